The summed E-state index contributed by atoms with van der Waals surface area (Å²) in [5.74, 6) is 0.947. The number of rotatable bonds is 6. The molecule has 142 valence electrons. The fourth-order valence-corrected chi connectivity index (χ4v) is 3.02. The smallest absolute Gasteiger partial charge is 0.340 e. The normalized spacial score (nSPS) is 12.0. The summed E-state index contributed by atoms with van der Waals surface area (Å²) in [7, 11) is 1.60. The van der Waals surface area contributed by atoms with Gasteiger partial charge in [-0.1, -0.05) is 0 Å². The molecule has 0 radical (unpaired) electrons. The van der Waals surface area contributed by atoms with Crippen LogP contribution in [0.3, 0.4) is 0 Å². The van der Waals surface area contributed by atoms with Crippen molar-refractivity contribution in [1.29, 1.82) is 0 Å². The van der Waals surface area contributed by atoms with Gasteiger partial charge in [-0.15, -0.1) is 10.2 Å². The minimum atomic E-state index is -0.651. The van der Waals surface area contributed by atoms with E-state index in [1.54, 1.807) is 14.0 Å². The molecule has 2 aromatic heterocycles. The average molecular weight is 369 g/mol. The number of carbonyl (C=O) groups excluding carboxylic acids is 1. The zero-order valence-electron chi connectivity index (χ0n) is 16.1. The van der Waals surface area contributed by atoms with Crippen LogP contribution in [0.2, 0.25) is 0 Å². The molecule has 0 amide bonds. The number of nitrogens with zero attached hydrogens (tertiary/aromatic N) is 3. The molecule has 0 spiro atoms. The van der Waals surface area contributed by atoms with Crippen molar-refractivity contribution in [1.82, 2.24) is 14.8 Å². The van der Waals surface area contributed by atoms with Gasteiger partial charge in [0.05, 0.1) is 12.7 Å². The Morgan fingerprint density at radius 1 is 1.22 bits per heavy atom. The fraction of sp³-hybridized carbons (Fsp3) is 0.350. The molecule has 0 saturated heterocycles. The van der Waals surface area contributed by atoms with Gasteiger partial charge in [-0.05, 0) is 58.0 Å². The number of carbonyl (C=O) groups is 1. The topological polar surface area (TPSA) is 79.4 Å². The van der Waals surface area contributed by atoms with Gasteiger partial charge in [-0.2, -0.15) is 0 Å². The highest BCUT2D eigenvalue weighted by Crippen LogP contribution is 2.25. The number of esters is 1. The molecule has 27 heavy (non-hydrogen) atoms. The van der Waals surface area contributed by atoms with Crippen molar-refractivity contribution >= 4 is 5.97 Å². The maximum absolute atomic E-state index is 12.5. The highest BCUT2D eigenvalue weighted by atomic mass is 16.6. The molecule has 3 aromatic rings. The molecule has 7 nitrogen and oxygen atoms in total. The van der Waals surface area contributed by atoms with Gasteiger partial charge in [-0.25, -0.2) is 4.79 Å². The standard InChI is InChI=1S/C20H23N3O4/c1-6-23-12(2)11-17(13(23)3)20(24)26-14(4)18-21-22-19(27-18)15-7-9-16(25-5)10-8-15/h7-11,14H,6H2,1-5H3. The monoisotopic (exact) mass is 369 g/mol. The first-order valence-corrected chi connectivity index (χ1v) is 8.80. The van der Waals surface area contributed by atoms with Crippen LogP contribution < -0.4 is 4.74 Å². The van der Waals surface area contributed by atoms with Crippen LogP contribution in [0.15, 0.2) is 34.7 Å². The SMILES string of the molecule is CCn1c(C)cc(C(=O)OC(C)c2nnc(-c3ccc(OC)cc3)o2)c1C. The maximum atomic E-state index is 12.5. The van der Waals surface area contributed by atoms with E-state index < -0.39 is 12.1 Å². The van der Waals surface area contributed by atoms with Crippen molar-refractivity contribution in [2.45, 2.75) is 40.3 Å². The molecule has 2 heterocycles. The largest absolute Gasteiger partial charge is 0.497 e. The quantitative estimate of drug-likeness (QED) is 0.609. The van der Waals surface area contributed by atoms with Crippen LogP contribution in [0.25, 0.3) is 11.5 Å². The molecule has 3 rings (SSSR count). The zero-order chi connectivity index (χ0) is 19.6. The molecule has 0 aliphatic heterocycles. The summed E-state index contributed by atoms with van der Waals surface area (Å²) in [5, 5.41) is 8.05. The summed E-state index contributed by atoms with van der Waals surface area (Å²) in [6.07, 6.45) is -0.651. The molecule has 0 saturated carbocycles. The number of hydrogen-bond donors (Lipinski definition) is 0. The first-order valence-electron chi connectivity index (χ1n) is 8.80. The number of aryl methyl sites for hydroxylation is 1. The van der Waals surface area contributed by atoms with Crippen molar-refractivity contribution in [3.8, 4) is 17.2 Å². The lowest BCUT2D eigenvalue weighted by atomic mass is 10.2. The zero-order valence-corrected chi connectivity index (χ0v) is 16.1. The van der Waals surface area contributed by atoms with Gasteiger partial charge in [-0.3, -0.25) is 0 Å². The molecule has 0 fully saturated rings. The van der Waals surface area contributed by atoms with Crippen LogP contribution in [0.5, 0.6) is 5.75 Å². The Morgan fingerprint density at radius 2 is 1.93 bits per heavy atom. The minimum absolute atomic E-state index is 0.249. The van der Waals surface area contributed by atoms with Crippen LogP contribution in [-0.2, 0) is 11.3 Å². The van der Waals surface area contributed by atoms with Gasteiger partial charge >= 0.3 is 5.97 Å². The first-order chi connectivity index (χ1) is 12.9. The highest BCUT2D eigenvalue weighted by molar-refractivity contribution is 5.91. The van der Waals surface area contributed by atoms with E-state index in [9.17, 15) is 4.79 Å². The molecule has 1 unspecified atom stereocenters. The summed E-state index contributed by atoms with van der Waals surface area (Å²) < 4.78 is 18.4. The number of methoxy groups -OCH3 is 1. The minimum Gasteiger partial charge on any atom is -0.497 e. The Hall–Kier alpha value is -3.09. The van der Waals surface area contributed by atoms with E-state index >= 15 is 0 Å². The number of ether oxygens (including phenoxy) is 2. The molecular weight excluding hydrogens is 346 g/mol. The molecule has 1 atom stereocenters. The summed E-state index contributed by atoms with van der Waals surface area (Å²) in [6, 6.07) is 9.11. The lowest BCUT2D eigenvalue weighted by molar-refractivity contribution is 0.0279. The average Bonchev–Trinajstić information content (AvgIpc) is 3.26. The van der Waals surface area contributed by atoms with Gasteiger partial charge in [0, 0.05) is 23.5 Å². The summed E-state index contributed by atoms with van der Waals surface area (Å²) in [4.78, 5) is 12.5. The number of aromatic nitrogens is 3. The van der Waals surface area contributed by atoms with E-state index in [1.807, 2.05) is 51.1 Å². The molecule has 1 aromatic carbocycles. The van der Waals surface area contributed by atoms with Crippen molar-refractivity contribution < 1.29 is 18.7 Å². The van der Waals surface area contributed by atoms with Crippen LogP contribution in [0.4, 0.5) is 0 Å². The molecule has 7 heteroatoms. The summed E-state index contributed by atoms with van der Waals surface area (Å²) in [5.41, 5.74) is 3.22. The lowest BCUT2D eigenvalue weighted by Crippen LogP contribution is -2.11. The van der Waals surface area contributed by atoms with Crippen molar-refractivity contribution in [3.63, 3.8) is 0 Å². The highest BCUT2D eigenvalue weighted by Gasteiger charge is 2.23. The second-order valence-electron chi connectivity index (χ2n) is 6.25. The predicted molar refractivity (Wildman–Crippen MR) is 99.7 cm³/mol. The van der Waals surface area contributed by atoms with Crippen LogP contribution in [-0.4, -0.2) is 27.8 Å². The number of hydrogen-bond acceptors (Lipinski definition) is 6. The third-order valence-electron chi connectivity index (χ3n) is 4.52. The molecule has 0 N–H and O–H groups in total. The van der Waals surface area contributed by atoms with E-state index in [0.29, 0.717) is 11.5 Å². The molecule has 0 aliphatic carbocycles. The van der Waals surface area contributed by atoms with E-state index in [0.717, 1.165) is 29.2 Å². The Morgan fingerprint density at radius 3 is 2.52 bits per heavy atom. The van der Waals surface area contributed by atoms with Gasteiger partial charge in [0.25, 0.3) is 5.89 Å². The number of benzene rings is 1. The van der Waals surface area contributed by atoms with Crippen molar-refractivity contribution in [3.05, 3.63) is 53.2 Å². The Bertz CT molecular complexity index is 941. The van der Waals surface area contributed by atoms with Gasteiger partial charge in [0.1, 0.15) is 5.75 Å². The van der Waals surface area contributed by atoms with Crippen molar-refractivity contribution in [2.24, 2.45) is 0 Å². The third-order valence-corrected chi connectivity index (χ3v) is 4.52. The van der Waals surface area contributed by atoms with Gasteiger partial charge < -0.3 is 18.5 Å². The van der Waals surface area contributed by atoms with Gasteiger partial charge in [0.15, 0.2) is 6.10 Å². The van der Waals surface area contributed by atoms with E-state index in [-0.39, 0.29) is 5.89 Å². The summed E-state index contributed by atoms with van der Waals surface area (Å²) >= 11 is 0. The second-order valence-corrected chi connectivity index (χ2v) is 6.25. The molecule has 0 aliphatic rings. The Balaban J connectivity index is 1.74. The van der Waals surface area contributed by atoms with Crippen LogP contribution in [0.1, 0.15) is 47.6 Å². The third kappa shape index (κ3) is 3.72. The predicted octanol–water partition coefficient (Wildman–Crippen LogP) is 4.10. The van der Waals surface area contributed by atoms with E-state index in [1.165, 1.54) is 0 Å². The molecular formula is C20H23N3O4. The van der Waals surface area contributed by atoms with E-state index in [4.69, 9.17) is 13.9 Å². The maximum Gasteiger partial charge on any atom is 0.340 e. The van der Waals surface area contributed by atoms with Gasteiger partial charge in [0.2, 0.25) is 5.89 Å². The Kier molecular flexibility index (Phi) is 5.30. The second kappa shape index (κ2) is 7.65. The molecule has 0 bridgehead atoms. The van der Waals surface area contributed by atoms with Crippen molar-refractivity contribution in [2.75, 3.05) is 7.11 Å². The fourth-order valence-electron chi connectivity index (χ4n) is 3.02. The lowest BCUT2D eigenvalue weighted by Gasteiger charge is -2.10. The first kappa shape index (κ1) is 18.7. The van der Waals surface area contributed by atoms with Crippen LogP contribution >= 0.6 is 0 Å². The van der Waals surface area contributed by atoms with Crippen LogP contribution in [0, 0.1) is 13.8 Å². The Labute approximate surface area is 157 Å². The van der Waals surface area contributed by atoms with E-state index in [2.05, 4.69) is 14.8 Å². The summed E-state index contributed by atoms with van der Waals surface area (Å²) in [6.45, 7) is 8.43.